The van der Waals surface area contributed by atoms with E-state index < -0.39 is 17.2 Å². The molecule has 1 fully saturated rings. The monoisotopic (exact) mass is 433 g/mol. The second-order valence-electron chi connectivity index (χ2n) is 7.55. The van der Waals surface area contributed by atoms with Crippen molar-refractivity contribution in [2.24, 2.45) is 0 Å². The largest absolute Gasteiger partial charge is 0.352 e. The summed E-state index contributed by atoms with van der Waals surface area (Å²) in [7, 11) is 0. The molecule has 4 rings (SSSR count). The first-order chi connectivity index (χ1) is 15.5. The Labute approximate surface area is 184 Å². The highest BCUT2D eigenvalue weighted by molar-refractivity contribution is 5.92. The number of carbonyl (C=O) groups is 2. The summed E-state index contributed by atoms with van der Waals surface area (Å²) in [5.41, 5.74) is -0.463. The summed E-state index contributed by atoms with van der Waals surface area (Å²) >= 11 is 0. The van der Waals surface area contributed by atoms with Crippen LogP contribution in [0.2, 0.25) is 0 Å². The third kappa shape index (κ3) is 4.22. The van der Waals surface area contributed by atoms with E-state index >= 15 is 0 Å². The van der Waals surface area contributed by atoms with Crippen molar-refractivity contribution in [1.29, 1.82) is 0 Å². The maximum Gasteiger partial charge on any atom is 0.352 e. The summed E-state index contributed by atoms with van der Waals surface area (Å²) in [4.78, 5) is 54.3. The van der Waals surface area contributed by atoms with Gasteiger partial charge in [-0.3, -0.25) is 19.0 Å². The van der Waals surface area contributed by atoms with Crippen molar-refractivity contribution in [1.82, 2.24) is 24.1 Å². The molecule has 9 heteroatoms. The lowest BCUT2D eigenvalue weighted by molar-refractivity contribution is -0.130. The molecule has 2 aromatic carbocycles. The Morgan fingerprint density at radius 2 is 1.41 bits per heavy atom. The fourth-order valence-corrected chi connectivity index (χ4v) is 3.67. The SMILES string of the molecule is CC(=O)N1CCN(C(=O)c2nn(-c3ccccc3)c(=O)n(Cc3ccccc3)c2=O)CC1. The number of rotatable bonds is 4. The van der Waals surface area contributed by atoms with E-state index in [0.717, 1.165) is 14.8 Å². The van der Waals surface area contributed by atoms with Crippen molar-refractivity contribution >= 4 is 11.8 Å². The fourth-order valence-electron chi connectivity index (χ4n) is 3.67. The molecule has 0 spiro atoms. The first-order valence-electron chi connectivity index (χ1n) is 10.3. The summed E-state index contributed by atoms with van der Waals surface area (Å²) in [6.07, 6.45) is 0. The number of aromatic nitrogens is 3. The maximum atomic E-state index is 13.2. The van der Waals surface area contributed by atoms with Gasteiger partial charge < -0.3 is 9.80 Å². The molecule has 32 heavy (non-hydrogen) atoms. The van der Waals surface area contributed by atoms with Crippen LogP contribution in [0.25, 0.3) is 5.69 Å². The highest BCUT2D eigenvalue weighted by Gasteiger charge is 2.28. The number of amides is 2. The Hall–Kier alpha value is -4.01. The molecule has 1 aliphatic heterocycles. The smallest absolute Gasteiger partial charge is 0.339 e. The number of piperazine rings is 1. The zero-order valence-corrected chi connectivity index (χ0v) is 17.7. The number of benzene rings is 2. The van der Waals surface area contributed by atoms with Crippen molar-refractivity contribution < 1.29 is 9.59 Å². The molecule has 0 unspecified atom stereocenters. The van der Waals surface area contributed by atoms with Gasteiger partial charge in [0.2, 0.25) is 11.6 Å². The van der Waals surface area contributed by atoms with Crippen LogP contribution in [0.15, 0.2) is 70.3 Å². The Balaban J connectivity index is 1.77. The predicted molar refractivity (Wildman–Crippen MR) is 118 cm³/mol. The van der Waals surface area contributed by atoms with Gasteiger partial charge in [0, 0.05) is 33.1 Å². The van der Waals surface area contributed by atoms with Crippen molar-refractivity contribution in [3.05, 3.63) is 92.8 Å². The lowest BCUT2D eigenvalue weighted by atomic mass is 10.2. The third-order valence-corrected chi connectivity index (χ3v) is 5.46. The van der Waals surface area contributed by atoms with E-state index in [0.29, 0.717) is 31.9 Å². The van der Waals surface area contributed by atoms with Crippen LogP contribution in [0.4, 0.5) is 0 Å². The van der Waals surface area contributed by atoms with E-state index in [1.54, 1.807) is 35.2 Å². The number of para-hydroxylation sites is 1. The highest BCUT2D eigenvalue weighted by atomic mass is 16.2. The van der Waals surface area contributed by atoms with Crippen molar-refractivity contribution in [2.75, 3.05) is 26.2 Å². The van der Waals surface area contributed by atoms with Crippen LogP contribution in [0.1, 0.15) is 23.0 Å². The highest BCUT2D eigenvalue weighted by Crippen LogP contribution is 2.08. The Morgan fingerprint density at radius 1 is 0.844 bits per heavy atom. The van der Waals surface area contributed by atoms with Crippen LogP contribution in [0.3, 0.4) is 0 Å². The zero-order chi connectivity index (χ0) is 22.7. The van der Waals surface area contributed by atoms with Crippen molar-refractivity contribution in [3.8, 4) is 5.69 Å². The second-order valence-corrected chi connectivity index (χ2v) is 7.55. The average Bonchev–Trinajstić information content (AvgIpc) is 2.83. The molecule has 1 aliphatic rings. The molecule has 0 aliphatic carbocycles. The van der Waals surface area contributed by atoms with Crippen LogP contribution in [0, 0.1) is 0 Å². The fraction of sp³-hybridized carbons (Fsp3) is 0.261. The normalized spacial score (nSPS) is 13.8. The zero-order valence-electron chi connectivity index (χ0n) is 17.7. The van der Waals surface area contributed by atoms with Gasteiger partial charge in [-0.25, -0.2) is 4.79 Å². The molecule has 0 radical (unpaired) electrons. The summed E-state index contributed by atoms with van der Waals surface area (Å²) in [5, 5.41) is 4.17. The van der Waals surface area contributed by atoms with Crippen molar-refractivity contribution in [2.45, 2.75) is 13.5 Å². The third-order valence-electron chi connectivity index (χ3n) is 5.46. The van der Waals surface area contributed by atoms with Crippen LogP contribution < -0.4 is 11.2 Å². The van der Waals surface area contributed by atoms with E-state index in [4.69, 9.17) is 0 Å². The molecule has 164 valence electrons. The van der Waals surface area contributed by atoms with E-state index in [2.05, 4.69) is 5.10 Å². The minimum absolute atomic E-state index is 0.0201. The molecule has 3 aromatic rings. The summed E-state index contributed by atoms with van der Waals surface area (Å²) in [6, 6.07) is 17.8. The van der Waals surface area contributed by atoms with Crippen LogP contribution >= 0.6 is 0 Å². The molecule has 0 saturated carbocycles. The van der Waals surface area contributed by atoms with Gasteiger partial charge in [0.25, 0.3) is 11.5 Å². The quantitative estimate of drug-likeness (QED) is 0.605. The molecular weight excluding hydrogens is 410 g/mol. The summed E-state index contributed by atoms with van der Waals surface area (Å²) < 4.78 is 2.12. The van der Waals surface area contributed by atoms with Gasteiger partial charge in [-0.2, -0.15) is 9.78 Å². The van der Waals surface area contributed by atoms with Gasteiger partial charge in [-0.05, 0) is 17.7 Å². The van der Waals surface area contributed by atoms with Gasteiger partial charge in [0.15, 0.2) is 0 Å². The average molecular weight is 433 g/mol. The molecule has 9 nitrogen and oxygen atoms in total. The lowest BCUT2D eigenvalue weighted by Crippen LogP contribution is -2.52. The Kier molecular flexibility index (Phi) is 5.98. The Bertz CT molecular complexity index is 1240. The van der Waals surface area contributed by atoms with Crippen LogP contribution in [-0.2, 0) is 11.3 Å². The molecule has 1 saturated heterocycles. The van der Waals surface area contributed by atoms with Crippen molar-refractivity contribution in [3.63, 3.8) is 0 Å². The lowest BCUT2D eigenvalue weighted by Gasteiger charge is -2.33. The first kappa shape index (κ1) is 21.2. The first-order valence-corrected chi connectivity index (χ1v) is 10.3. The molecule has 2 amide bonds. The molecular formula is C23H23N5O4. The van der Waals surface area contributed by atoms with Crippen LogP contribution in [0.5, 0.6) is 0 Å². The Morgan fingerprint density at radius 3 is 2.00 bits per heavy atom. The van der Waals surface area contributed by atoms with Crippen LogP contribution in [-0.4, -0.2) is 62.1 Å². The summed E-state index contributed by atoms with van der Waals surface area (Å²) in [6.45, 7) is 2.86. The van der Waals surface area contributed by atoms with Gasteiger partial charge in [0.1, 0.15) is 0 Å². The number of hydrogen-bond acceptors (Lipinski definition) is 5. The van der Waals surface area contributed by atoms with E-state index in [1.165, 1.54) is 11.8 Å². The van der Waals surface area contributed by atoms with Gasteiger partial charge in [-0.1, -0.05) is 48.5 Å². The minimum Gasteiger partial charge on any atom is -0.339 e. The van der Waals surface area contributed by atoms with E-state index in [1.807, 2.05) is 30.3 Å². The number of nitrogens with zero attached hydrogens (tertiary/aromatic N) is 5. The maximum absolute atomic E-state index is 13.2. The van der Waals surface area contributed by atoms with E-state index in [-0.39, 0.29) is 18.1 Å². The standard InChI is InChI=1S/C23H23N5O4/c1-17(29)25-12-14-26(15-13-25)21(30)20-22(31)27(16-18-8-4-2-5-9-18)23(32)28(24-20)19-10-6-3-7-11-19/h2-11H,12-16H2,1H3. The molecule has 1 aromatic heterocycles. The molecule has 0 N–H and O–H groups in total. The topological polar surface area (TPSA) is 97.5 Å². The molecule has 0 bridgehead atoms. The molecule has 0 atom stereocenters. The van der Waals surface area contributed by atoms with Gasteiger partial charge >= 0.3 is 5.69 Å². The summed E-state index contributed by atoms with van der Waals surface area (Å²) in [5.74, 6) is -0.609. The predicted octanol–water partition coefficient (Wildman–Crippen LogP) is 0.747. The second kappa shape index (κ2) is 9.01. The van der Waals surface area contributed by atoms with E-state index in [9.17, 15) is 19.2 Å². The number of hydrogen-bond donors (Lipinski definition) is 0. The minimum atomic E-state index is -0.731. The number of carbonyl (C=O) groups excluding carboxylic acids is 2. The van der Waals surface area contributed by atoms with Gasteiger partial charge in [0.05, 0.1) is 12.2 Å². The molecule has 2 heterocycles. The van der Waals surface area contributed by atoms with Gasteiger partial charge in [-0.15, -0.1) is 0 Å².